The predicted octanol–water partition coefficient (Wildman–Crippen LogP) is 1.38. The zero-order valence-corrected chi connectivity index (χ0v) is 14.0. The molecule has 0 aromatic heterocycles. The van der Waals surface area contributed by atoms with E-state index >= 15 is 0 Å². The molecule has 5 heteroatoms. The van der Waals surface area contributed by atoms with Crippen molar-refractivity contribution in [2.24, 2.45) is 23.7 Å². The smallest absolute Gasteiger partial charge is 0.302 e. The molecule has 2 bridgehead atoms. The number of piperidine rings is 2. The number of carbonyl (C=O) groups is 2. The molecular formula is C18H27NO4. The van der Waals surface area contributed by atoms with E-state index in [1.807, 2.05) is 0 Å². The quantitative estimate of drug-likeness (QED) is 0.739. The summed E-state index contributed by atoms with van der Waals surface area (Å²) in [6.07, 6.45) is 3.54. The maximum atomic E-state index is 12.8. The largest absolute Gasteiger partial charge is 0.462 e. The molecule has 2 saturated carbocycles. The van der Waals surface area contributed by atoms with Crippen LogP contribution >= 0.6 is 0 Å². The van der Waals surface area contributed by atoms with Gasteiger partial charge in [0.15, 0.2) is 0 Å². The molecular weight excluding hydrogens is 294 g/mol. The Balaban J connectivity index is 1.81. The molecule has 1 spiro atoms. The maximum Gasteiger partial charge on any atom is 0.302 e. The molecule has 0 amide bonds. The minimum Gasteiger partial charge on any atom is -0.462 e. The second kappa shape index (κ2) is 5.28. The fourth-order valence-corrected chi connectivity index (χ4v) is 6.44. The summed E-state index contributed by atoms with van der Waals surface area (Å²) < 4.78 is 5.69. The summed E-state index contributed by atoms with van der Waals surface area (Å²) in [5.74, 6) is 0.381. The summed E-state index contributed by atoms with van der Waals surface area (Å²) in [4.78, 5) is 26.9. The summed E-state index contributed by atoms with van der Waals surface area (Å²) in [6.45, 7) is 5.50. The van der Waals surface area contributed by atoms with Crippen LogP contribution in [0.1, 0.15) is 46.0 Å². The molecule has 2 saturated heterocycles. The number of esters is 1. The number of hydrogen-bond donors (Lipinski definition) is 1. The van der Waals surface area contributed by atoms with Crippen LogP contribution in [-0.4, -0.2) is 52.6 Å². The van der Waals surface area contributed by atoms with Gasteiger partial charge in [-0.05, 0) is 38.1 Å². The van der Waals surface area contributed by atoms with E-state index in [4.69, 9.17) is 4.74 Å². The highest BCUT2D eigenvalue weighted by atomic mass is 16.5. The Hall–Kier alpha value is -0.940. The van der Waals surface area contributed by atoms with E-state index in [9.17, 15) is 14.7 Å². The van der Waals surface area contributed by atoms with Crippen LogP contribution in [0, 0.1) is 23.7 Å². The molecule has 0 aromatic carbocycles. The van der Waals surface area contributed by atoms with Gasteiger partial charge in [-0.25, -0.2) is 0 Å². The fourth-order valence-electron chi connectivity index (χ4n) is 6.44. The lowest BCUT2D eigenvalue weighted by atomic mass is 9.47. The van der Waals surface area contributed by atoms with Gasteiger partial charge in [-0.2, -0.15) is 0 Å². The molecule has 2 heterocycles. The highest BCUT2D eigenvalue weighted by Crippen LogP contribution is 2.59. The maximum absolute atomic E-state index is 12.8. The molecule has 4 rings (SSSR count). The first-order valence-corrected chi connectivity index (χ1v) is 9.08. The number of nitrogens with zero attached hydrogens (tertiary/aromatic N) is 1. The lowest BCUT2D eigenvalue weighted by molar-refractivity contribution is -0.225. The molecule has 5 nitrogen and oxygen atoms in total. The van der Waals surface area contributed by atoms with Gasteiger partial charge >= 0.3 is 5.97 Å². The summed E-state index contributed by atoms with van der Waals surface area (Å²) in [6, 6.07) is 0. The van der Waals surface area contributed by atoms with Crippen molar-refractivity contribution < 1.29 is 19.4 Å². The average molecular weight is 321 g/mol. The van der Waals surface area contributed by atoms with E-state index in [-0.39, 0.29) is 41.3 Å². The lowest BCUT2D eigenvalue weighted by Gasteiger charge is -2.67. The second-order valence-corrected chi connectivity index (χ2v) is 8.14. The van der Waals surface area contributed by atoms with Gasteiger partial charge < -0.3 is 9.84 Å². The zero-order chi connectivity index (χ0) is 16.4. The van der Waals surface area contributed by atoms with Gasteiger partial charge in [0.05, 0.1) is 6.10 Å². The number of aliphatic hydroxyl groups excluding tert-OH is 1. The first-order chi connectivity index (χ1) is 10.9. The van der Waals surface area contributed by atoms with Crippen molar-refractivity contribution >= 4 is 11.8 Å². The zero-order valence-electron chi connectivity index (χ0n) is 14.0. The topological polar surface area (TPSA) is 66.8 Å². The van der Waals surface area contributed by atoms with Crippen molar-refractivity contribution in [3.63, 3.8) is 0 Å². The third-order valence-corrected chi connectivity index (χ3v) is 7.05. The normalized spacial score (nSPS) is 49.4. The van der Waals surface area contributed by atoms with Gasteiger partial charge in [-0.3, -0.25) is 14.5 Å². The van der Waals surface area contributed by atoms with E-state index in [0.29, 0.717) is 12.2 Å². The fraction of sp³-hybridized carbons (Fsp3) is 0.889. The van der Waals surface area contributed by atoms with Crippen LogP contribution in [-0.2, 0) is 14.3 Å². The third-order valence-electron chi connectivity index (χ3n) is 7.05. The van der Waals surface area contributed by atoms with E-state index in [1.165, 1.54) is 6.92 Å². The van der Waals surface area contributed by atoms with Gasteiger partial charge in [-0.15, -0.1) is 0 Å². The van der Waals surface area contributed by atoms with E-state index < -0.39 is 6.10 Å². The minimum absolute atomic E-state index is 0.0609. The molecule has 0 aromatic rings. The van der Waals surface area contributed by atoms with Crippen LogP contribution in [0.3, 0.4) is 0 Å². The number of ether oxygens (including phenoxy) is 1. The van der Waals surface area contributed by atoms with Crippen LogP contribution in [0.25, 0.3) is 0 Å². The van der Waals surface area contributed by atoms with Gasteiger partial charge in [0.2, 0.25) is 0 Å². The monoisotopic (exact) mass is 321 g/mol. The molecule has 0 radical (unpaired) electrons. The summed E-state index contributed by atoms with van der Waals surface area (Å²) >= 11 is 0. The average Bonchev–Trinajstić information content (AvgIpc) is 2.49. The van der Waals surface area contributed by atoms with Gasteiger partial charge in [0.1, 0.15) is 11.9 Å². The molecule has 2 aliphatic heterocycles. The number of hydrogen-bond acceptors (Lipinski definition) is 5. The lowest BCUT2D eigenvalue weighted by Crippen LogP contribution is -2.76. The van der Waals surface area contributed by atoms with Crippen LogP contribution in [0.2, 0.25) is 0 Å². The first kappa shape index (κ1) is 15.6. The Labute approximate surface area is 137 Å². The van der Waals surface area contributed by atoms with E-state index in [0.717, 1.165) is 38.8 Å². The molecule has 7 unspecified atom stereocenters. The Morgan fingerprint density at radius 1 is 1.35 bits per heavy atom. The summed E-state index contributed by atoms with van der Waals surface area (Å²) in [5.41, 5.74) is -0.185. The Morgan fingerprint density at radius 3 is 2.87 bits per heavy atom. The Bertz CT molecular complexity index is 535. The van der Waals surface area contributed by atoms with Crippen molar-refractivity contribution in [3.8, 4) is 0 Å². The number of aliphatic hydroxyl groups is 1. The first-order valence-electron chi connectivity index (χ1n) is 9.08. The highest BCUT2D eigenvalue weighted by molar-refractivity contribution is 5.84. The van der Waals surface area contributed by atoms with E-state index in [1.54, 1.807) is 0 Å². The van der Waals surface area contributed by atoms with Crippen molar-refractivity contribution in [1.29, 1.82) is 0 Å². The Morgan fingerprint density at radius 2 is 2.13 bits per heavy atom. The standard InChI is InChI=1S/C18H27NO4/c1-10-9-18-13-4-3-6-19(18)7-5-15(23-11(2)20)16(18)12(17(10)22)8-14(13)21/h10,12-13,15-17,22H,3-9H2,1-2H3. The number of rotatable bonds is 1. The van der Waals surface area contributed by atoms with Crippen molar-refractivity contribution in [2.45, 2.75) is 63.7 Å². The summed E-state index contributed by atoms with van der Waals surface area (Å²) in [7, 11) is 0. The van der Waals surface area contributed by atoms with Gasteiger partial charge in [-0.1, -0.05) is 6.92 Å². The van der Waals surface area contributed by atoms with Gasteiger partial charge in [0.25, 0.3) is 0 Å². The SMILES string of the molecule is CC(=O)OC1CCN2CCCC3C(=O)CC4C(O)C(C)CC32C14. The van der Waals surface area contributed by atoms with Crippen LogP contribution in [0.5, 0.6) is 0 Å². The van der Waals surface area contributed by atoms with Crippen LogP contribution < -0.4 is 0 Å². The van der Waals surface area contributed by atoms with Crippen LogP contribution in [0.4, 0.5) is 0 Å². The predicted molar refractivity (Wildman–Crippen MR) is 83.6 cm³/mol. The molecule has 2 aliphatic carbocycles. The Kier molecular flexibility index (Phi) is 3.58. The number of carbonyl (C=O) groups excluding carboxylic acids is 2. The third kappa shape index (κ3) is 2.05. The number of ketones is 1. The molecule has 4 aliphatic rings. The molecule has 1 N–H and O–H groups in total. The van der Waals surface area contributed by atoms with Crippen molar-refractivity contribution in [1.82, 2.24) is 4.90 Å². The molecule has 4 fully saturated rings. The second-order valence-electron chi connectivity index (χ2n) is 8.14. The van der Waals surface area contributed by atoms with Crippen LogP contribution in [0.15, 0.2) is 0 Å². The molecule has 23 heavy (non-hydrogen) atoms. The van der Waals surface area contributed by atoms with E-state index in [2.05, 4.69) is 11.8 Å². The number of Topliss-reactive ketones (excluding diaryl/α,β-unsaturated/α-hetero) is 1. The minimum atomic E-state index is -0.463. The molecule has 128 valence electrons. The van der Waals surface area contributed by atoms with Crippen molar-refractivity contribution in [2.75, 3.05) is 13.1 Å². The molecule has 7 atom stereocenters. The summed E-state index contributed by atoms with van der Waals surface area (Å²) in [5, 5.41) is 10.7. The van der Waals surface area contributed by atoms with Gasteiger partial charge in [0, 0.05) is 43.2 Å². The highest BCUT2D eigenvalue weighted by Gasteiger charge is 2.67. The van der Waals surface area contributed by atoms with Crippen molar-refractivity contribution in [3.05, 3.63) is 0 Å².